The van der Waals surface area contributed by atoms with Gasteiger partial charge in [0, 0.05) is 36.3 Å². The van der Waals surface area contributed by atoms with Crippen molar-refractivity contribution in [1.29, 1.82) is 0 Å². The van der Waals surface area contributed by atoms with Crippen molar-refractivity contribution in [3.05, 3.63) is 28.2 Å². The van der Waals surface area contributed by atoms with Gasteiger partial charge >= 0.3 is 0 Å². The van der Waals surface area contributed by atoms with Crippen LogP contribution in [0.4, 0.5) is 5.69 Å². The number of rotatable bonds is 6. The van der Waals surface area contributed by atoms with Gasteiger partial charge in [-0.25, -0.2) is 0 Å². The molecular formula is C15H23BrN2. The molecule has 1 fully saturated rings. The van der Waals surface area contributed by atoms with Gasteiger partial charge in [0.2, 0.25) is 0 Å². The van der Waals surface area contributed by atoms with E-state index in [1.54, 1.807) is 0 Å². The average Bonchev–Trinajstić information content (AvgIpc) is 3.10. The Labute approximate surface area is 119 Å². The predicted molar refractivity (Wildman–Crippen MR) is 82.1 cm³/mol. The summed E-state index contributed by atoms with van der Waals surface area (Å²) in [5, 5.41) is 3.55. The van der Waals surface area contributed by atoms with Gasteiger partial charge in [0.05, 0.1) is 0 Å². The molecule has 1 N–H and O–H groups in total. The topological polar surface area (TPSA) is 15.3 Å². The van der Waals surface area contributed by atoms with Crippen molar-refractivity contribution in [1.82, 2.24) is 5.32 Å². The van der Waals surface area contributed by atoms with E-state index >= 15 is 0 Å². The van der Waals surface area contributed by atoms with Gasteiger partial charge in [0.25, 0.3) is 0 Å². The second-order valence-electron chi connectivity index (χ2n) is 5.71. The molecule has 2 nitrogen and oxygen atoms in total. The highest BCUT2D eigenvalue weighted by atomic mass is 79.9. The average molecular weight is 311 g/mol. The van der Waals surface area contributed by atoms with Crippen LogP contribution in [0.3, 0.4) is 0 Å². The molecule has 18 heavy (non-hydrogen) atoms. The fourth-order valence-electron chi connectivity index (χ4n) is 2.11. The molecule has 0 unspecified atom stereocenters. The molecule has 0 radical (unpaired) electrons. The molecule has 0 heterocycles. The summed E-state index contributed by atoms with van der Waals surface area (Å²) in [6.07, 6.45) is 2.68. The van der Waals surface area contributed by atoms with Gasteiger partial charge in [-0.3, -0.25) is 0 Å². The number of nitrogens with one attached hydrogen (secondary N) is 1. The lowest BCUT2D eigenvalue weighted by Gasteiger charge is -2.22. The number of hydrogen-bond acceptors (Lipinski definition) is 2. The molecule has 100 valence electrons. The first kappa shape index (κ1) is 13.9. The first-order chi connectivity index (χ1) is 8.56. The molecule has 3 heteroatoms. The zero-order valence-electron chi connectivity index (χ0n) is 11.5. The van der Waals surface area contributed by atoms with Crippen molar-refractivity contribution in [2.75, 3.05) is 18.5 Å². The second-order valence-corrected chi connectivity index (χ2v) is 6.56. The Morgan fingerprint density at radius 1 is 1.39 bits per heavy atom. The van der Waals surface area contributed by atoms with Crippen LogP contribution in [-0.2, 0) is 6.54 Å². The largest absolute Gasteiger partial charge is 0.374 e. The maximum Gasteiger partial charge on any atom is 0.0375 e. The van der Waals surface area contributed by atoms with E-state index in [4.69, 9.17) is 0 Å². The third-order valence-corrected chi connectivity index (χ3v) is 4.01. The molecule has 0 spiro atoms. The lowest BCUT2D eigenvalue weighted by Crippen LogP contribution is -2.22. The van der Waals surface area contributed by atoms with Gasteiger partial charge in [-0.05, 0) is 36.5 Å². The van der Waals surface area contributed by atoms with E-state index in [1.165, 1.54) is 28.6 Å². The molecule has 1 aliphatic carbocycles. The van der Waals surface area contributed by atoms with Crippen LogP contribution in [0.15, 0.2) is 22.7 Å². The van der Waals surface area contributed by atoms with Crippen LogP contribution >= 0.6 is 15.9 Å². The second kappa shape index (κ2) is 6.07. The zero-order valence-corrected chi connectivity index (χ0v) is 13.1. The third-order valence-electron chi connectivity index (χ3n) is 3.27. The van der Waals surface area contributed by atoms with E-state index in [9.17, 15) is 0 Å². The van der Waals surface area contributed by atoms with Crippen LogP contribution in [0, 0.1) is 5.92 Å². The van der Waals surface area contributed by atoms with Crippen LogP contribution in [0.25, 0.3) is 0 Å². The third kappa shape index (κ3) is 3.99. The highest BCUT2D eigenvalue weighted by Gasteiger charge is 2.20. The van der Waals surface area contributed by atoms with Crippen molar-refractivity contribution in [2.45, 2.75) is 39.3 Å². The molecule has 1 aliphatic rings. The maximum atomic E-state index is 3.69. The number of halogens is 1. The normalized spacial score (nSPS) is 15.2. The minimum Gasteiger partial charge on any atom is -0.374 e. The summed E-state index contributed by atoms with van der Waals surface area (Å²) in [4.78, 5) is 2.31. The molecule has 1 aromatic rings. The molecule has 0 saturated heterocycles. The number of anilines is 1. The summed E-state index contributed by atoms with van der Waals surface area (Å²) in [5.74, 6) is 0.685. The zero-order chi connectivity index (χ0) is 13.1. The number of hydrogen-bond donors (Lipinski definition) is 1. The highest BCUT2D eigenvalue weighted by molar-refractivity contribution is 9.10. The smallest absolute Gasteiger partial charge is 0.0375 e. The van der Waals surface area contributed by atoms with Crippen LogP contribution in [0.5, 0.6) is 0 Å². The van der Waals surface area contributed by atoms with E-state index < -0.39 is 0 Å². The molecule has 0 aromatic heterocycles. The lowest BCUT2D eigenvalue weighted by molar-refractivity contribution is 0.638. The summed E-state index contributed by atoms with van der Waals surface area (Å²) in [7, 11) is 2.16. The van der Waals surface area contributed by atoms with E-state index in [2.05, 4.69) is 65.2 Å². The lowest BCUT2D eigenvalue weighted by atomic mass is 10.1. The Morgan fingerprint density at radius 2 is 2.11 bits per heavy atom. The summed E-state index contributed by atoms with van der Waals surface area (Å²) in [6, 6.07) is 7.44. The van der Waals surface area contributed by atoms with E-state index in [0.29, 0.717) is 5.92 Å². The van der Waals surface area contributed by atoms with Gasteiger partial charge in [-0.15, -0.1) is 0 Å². The van der Waals surface area contributed by atoms with Gasteiger partial charge < -0.3 is 10.2 Å². The molecule has 1 saturated carbocycles. The summed E-state index contributed by atoms with van der Waals surface area (Å²) in [6.45, 7) is 6.56. The van der Waals surface area contributed by atoms with Gasteiger partial charge in [-0.2, -0.15) is 0 Å². The molecule has 0 atom stereocenters. The quantitative estimate of drug-likeness (QED) is 0.860. The minimum absolute atomic E-state index is 0.685. The fraction of sp³-hybridized carbons (Fsp3) is 0.600. The van der Waals surface area contributed by atoms with E-state index in [1.807, 2.05) is 0 Å². The highest BCUT2D eigenvalue weighted by Crippen LogP contribution is 2.25. The molecule has 0 aliphatic heterocycles. The van der Waals surface area contributed by atoms with Crippen molar-refractivity contribution in [2.24, 2.45) is 5.92 Å². The van der Waals surface area contributed by atoms with Crippen LogP contribution in [0.1, 0.15) is 32.3 Å². The standard InChI is InChI=1S/C15H23BrN2/c1-11(2)10-18(3)14-7-4-12(15(16)8-14)9-17-13-5-6-13/h4,7-8,11,13,17H,5-6,9-10H2,1-3H3. The molecular weight excluding hydrogens is 288 g/mol. The van der Waals surface area contributed by atoms with Crippen LogP contribution < -0.4 is 10.2 Å². The van der Waals surface area contributed by atoms with Crippen molar-refractivity contribution in [3.63, 3.8) is 0 Å². The first-order valence-electron chi connectivity index (χ1n) is 6.79. The van der Waals surface area contributed by atoms with E-state index in [-0.39, 0.29) is 0 Å². The monoisotopic (exact) mass is 310 g/mol. The predicted octanol–water partition coefficient (Wildman–Crippen LogP) is 3.79. The van der Waals surface area contributed by atoms with Crippen molar-refractivity contribution >= 4 is 21.6 Å². The molecule has 1 aromatic carbocycles. The first-order valence-corrected chi connectivity index (χ1v) is 7.58. The minimum atomic E-state index is 0.685. The molecule has 0 amide bonds. The molecule has 2 rings (SSSR count). The van der Waals surface area contributed by atoms with Gasteiger partial charge in [-0.1, -0.05) is 35.8 Å². The Balaban J connectivity index is 1.98. The van der Waals surface area contributed by atoms with Crippen molar-refractivity contribution in [3.8, 4) is 0 Å². The number of nitrogens with zero attached hydrogens (tertiary/aromatic N) is 1. The van der Waals surface area contributed by atoms with Crippen molar-refractivity contribution < 1.29 is 0 Å². The van der Waals surface area contributed by atoms with Gasteiger partial charge in [0.1, 0.15) is 0 Å². The van der Waals surface area contributed by atoms with Crippen LogP contribution in [-0.4, -0.2) is 19.6 Å². The fourth-order valence-corrected chi connectivity index (χ4v) is 2.62. The van der Waals surface area contributed by atoms with Crippen LogP contribution in [0.2, 0.25) is 0 Å². The Hall–Kier alpha value is -0.540. The maximum absolute atomic E-state index is 3.69. The Morgan fingerprint density at radius 3 is 2.67 bits per heavy atom. The number of benzene rings is 1. The SMILES string of the molecule is CC(C)CN(C)c1ccc(CNC2CC2)c(Br)c1. The Bertz CT molecular complexity index is 399. The summed E-state index contributed by atoms with van der Waals surface area (Å²) >= 11 is 3.69. The summed E-state index contributed by atoms with van der Waals surface area (Å²) in [5.41, 5.74) is 2.63. The van der Waals surface area contributed by atoms with Gasteiger partial charge in [0.15, 0.2) is 0 Å². The summed E-state index contributed by atoms with van der Waals surface area (Å²) < 4.78 is 1.21. The molecule has 0 bridgehead atoms. The Kier molecular flexibility index (Phi) is 4.68. The van der Waals surface area contributed by atoms with E-state index in [0.717, 1.165) is 19.1 Å².